The molecule has 1 fully saturated rings. The van der Waals surface area contributed by atoms with E-state index in [1.54, 1.807) is 4.90 Å². The number of hydrogen-bond acceptors (Lipinski definition) is 4. The molecule has 2 amide bonds. The Bertz CT molecular complexity index is 705. The van der Waals surface area contributed by atoms with Gasteiger partial charge in [0.15, 0.2) is 0 Å². The van der Waals surface area contributed by atoms with Gasteiger partial charge < -0.3 is 15.0 Å². The fraction of sp³-hybridized carbons (Fsp3) is 0.533. The molecule has 0 aliphatic carbocycles. The van der Waals surface area contributed by atoms with Crippen LogP contribution in [0.15, 0.2) is 18.2 Å². The summed E-state index contributed by atoms with van der Waals surface area (Å²) in [4.78, 5) is 13.8. The van der Waals surface area contributed by atoms with E-state index in [0.717, 1.165) is 17.7 Å². The SMILES string of the molecule is NS(=O)(=O)C[C@H]1CCN(C(=O)NCc2ccc3c(c2)CCO3)C1. The maximum atomic E-state index is 12.2. The number of fused-ring (bicyclic) bond motifs is 1. The third-order valence-electron chi connectivity index (χ3n) is 4.24. The summed E-state index contributed by atoms with van der Waals surface area (Å²) in [6.45, 7) is 2.15. The second-order valence-corrected chi connectivity index (χ2v) is 7.79. The Morgan fingerprint density at radius 1 is 1.43 bits per heavy atom. The van der Waals surface area contributed by atoms with Gasteiger partial charge >= 0.3 is 6.03 Å². The molecule has 2 aliphatic rings. The maximum Gasteiger partial charge on any atom is 0.317 e. The van der Waals surface area contributed by atoms with Crippen LogP contribution in [0.25, 0.3) is 0 Å². The highest BCUT2D eigenvalue weighted by Crippen LogP contribution is 2.25. The van der Waals surface area contributed by atoms with E-state index < -0.39 is 10.0 Å². The van der Waals surface area contributed by atoms with E-state index >= 15 is 0 Å². The van der Waals surface area contributed by atoms with Crippen molar-refractivity contribution in [1.82, 2.24) is 10.2 Å². The number of nitrogens with one attached hydrogen (secondary N) is 1. The predicted molar refractivity (Wildman–Crippen MR) is 85.5 cm³/mol. The van der Waals surface area contributed by atoms with Crippen LogP contribution in [0.1, 0.15) is 17.5 Å². The average Bonchev–Trinajstić information content (AvgIpc) is 3.11. The van der Waals surface area contributed by atoms with Gasteiger partial charge in [-0.1, -0.05) is 12.1 Å². The quantitative estimate of drug-likeness (QED) is 0.831. The summed E-state index contributed by atoms with van der Waals surface area (Å²) < 4.78 is 27.7. The van der Waals surface area contributed by atoms with E-state index in [1.807, 2.05) is 12.1 Å². The highest BCUT2D eigenvalue weighted by Gasteiger charge is 2.28. The summed E-state index contributed by atoms with van der Waals surface area (Å²) in [5, 5.41) is 7.94. The van der Waals surface area contributed by atoms with Crippen molar-refractivity contribution in [3.63, 3.8) is 0 Å². The first-order valence-electron chi connectivity index (χ1n) is 7.68. The predicted octanol–water partition coefficient (Wildman–Crippen LogP) is 0.442. The molecular weight excluding hydrogens is 318 g/mol. The van der Waals surface area contributed by atoms with Crippen molar-refractivity contribution in [2.24, 2.45) is 11.1 Å². The molecule has 1 aromatic rings. The van der Waals surface area contributed by atoms with Crippen molar-refractivity contribution in [1.29, 1.82) is 0 Å². The number of rotatable bonds is 4. The molecule has 7 nitrogen and oxygen atoms in total. The number of urea groups is 1. The second kappa shape index (κ2) is 6.37. The number of nitrogens with zero attached hydrogens (tertiary/aromatic N) is 1. The van der Waals surface area contributed by atoms with Gasteiger partial charge in [0.2, 0.25) is 10.0 Å². The van der Waals surface area contributed by atoms with E-state index in [2.05, 4.69) is 11.4 Å². The van der Waals surface area contributed by atoms with E-state index in [1.165, 1.54) is 5.56 Å². The van der Waals surface area contributed by atoms with Crippen molar-refractivity contribution in [3.8, 4) is 5.75 Å². The van der Waals surface area contributed by atoms with Gasteiger partial charge in [0.1, 0.15) is 5.75 Å². The Hall–Kier alpha value is -1.80. The largest absolute Gasteiger partial charge is 0.493 e. The zero-order chi connectivity index (χ0) is 16.4. The summed E-state index contributed by atoms with van der Waals surface area (Å²) in [6.07, 6.45) is 1.57. The Kier molecular flexibility index (Phi) is 4.45. The molecule has 23 heavy (non-hydrogen) atoms. The molecule has 126 valence electrons. The molecule has 0 bridgehead atoms. The fourth-order valence-electron chi connectivity index (χ4n) is 3.12. The number of carbonyl (C=O) groups is 1. The van der Waals surface area contributed by atoms with Crippen molar-refractivity contribution < 1.29 is 17.9 Å². The minimum atomic E-state index is -3.49. The molecule has 1 aromatic carbocycles. The molecule has 1 saturated heterocycles. The zero-order valence-corrected chi connectivity index (χ0v) is 13.6. The van der Waals surface area contributed by atoms with Crippen molar-refractivity contribution >= 4 is 16.1 Å². The fourth-order valence-corrected chi connectivity index (χ4v) is 4.05. The summed E-state index contributed by atoms with van der Waals surface area (Å²) in [6, 6.07) is 5.76. The molecule has 0 radical (unpaired) electrons. The van der Waals surface area contributed by atoms with Gasteiger partial charge in [-0.3, -0.25) is 0 Å². The molecule has 3 N–H and O–H groups in total. The van der Waals surface area contributed by atoms with Crippen molar-refractivity contribution in [3.05, 3.63) is 29.3 Å². The molecular formula is C15H21N3O4S. The first-order chi connectivity index (χ1) is 10.9. The number of carbonyl (C=O) groups excluding carboxylic acids is 1. The number of amides is 2. The number of nitrogens with two attached hydrogens (primary N) is 1. The van der Waals surface area contributed by atoms with Crippen LogP contribution in [0.4, 0.5) is 4.79 Å². The van der Waals surface area contributed by atoms with Crippen LogP contribution >= 0.6 is 0 Å². The van der Waals surface area contributed by atoms with Crippen LogP contribution in [0.5, 0.6) is 5.75 Å². The minimum Gasteiger partial charge on any atom is -0.493 e. The van der Waals surface area contributed by atoms with Crippen LogP contribution in [0.2, 0.25) is 0 Å². The molecule has 3 rings (SSSR count). The summed E-state index contributed by atoms with van der Waals surface area (Å²) in [5.41, 5.74) is 2.20. The molecule has 0 unspecified atom stereocenters. The monoisotopic (exact) mass is 339 g/mol. The van der Waals surface area contributed by atoms with Crippen LogP contribution in [-0.2, 0) is 23.0 Å². The lowest BCUT2D eigenvalue weighted by atomic mass is 10.1. The Morgan fingerprint density at radius 3 is 3.04 bits per heavy atom. The lowest BCUT2D eigenvalue weighted by molar-refractivity contribution is 0.207. The second-order valence-electron chi connectivity index (χ2n) is 6.13. The maximum absolute atomic E-state index is 12.2. The average molecular weight is 339 g/mol. The lowest BCUT2D eigenvalue weighted by Crippen LogP contribution is -2.38. The van der Waals surface area contributed by atoms with E-state index in [9.17, 15) is 13.2 Å². The molecule has 0 aromatic heterocycles. The molecule has 8 heteroatoms. The Balaban J connectivity index is 1.50. The zero-order valence-electron chi connectivity index (χ0n) is 12.8. The third-order valence-corrected chi connectivity index (χ3v) is 5.17. The standard InChI is InChI=1S/C15H21N3O4S/c16-23(20,21)10-12-3-5-18(9-12)15(19)17-8-11-1-2-14-13(7-11)4-6-22-14/h1-2,7,12H,3-6,8-10H2,(H,17,19)(H2,16,20,21)/t12-/m0/s1. The van der Waals surface area contributed by atoms with Crippen molar-refractivity contribution in [2.45, 2.75) is 19.4 Å². The van der Waals surface area contributed by atoms with Gasteiger partial charge in [0.05, 0.1) is 12.4 Å². The van der Waals surface area contributed by atoms with Gasteiger partial charge in [0.25, 0.3) is 0 Å². The minimum absolute atomic E-state index is 0.0679. The van der Waals surface area contributed by atoms with Crippen LogP contribution < -0.4 is 15.2 Å². The number of benzene rings is 1. The third kappa shape index (κ3) is 4.14. The lowest BCUT2D eigenvalue weighted by Gasteiger charge is -2.17. The number of ether oxygens (including phenoxy) is 1. The Morgan fingerprint density at radius 2 is 2.26 bits per heavy atom. The number of primary sulfonamides is 1. The highest BCUT2D eigenvalue weighted by molar-refractivity contribution is 7.89. The summed E-state index contributed by atoms with van der Waals surface area (Å²) >= 11 is 0. The molecule has 0 saturated carbocycles. The van der Waals surface area contributed by atoms with Crippen LogP contribution in [0.3, 0.4) is 0 Å². The van der Waals surface area contributed by atoms with Gasteiger partial charge in [-0.05, 0) is 29.5 Å². The summed E-state index contributed by atoms with van der Waals surface area (Å²) in [5.74, 6) is 0.778. The highest BCUT2D eigenvalue weighted by atomic mass is 32.2. The molecule has 2 heterocycles. The Labute approximate surface area is 135 Å². The van der Waals surface area contributed by atoms with Gasteiger partial charge in [0, 0.05) is 26.1 Å². The molecule has 2 aliphatic heterocycles. The van der Waals surface area contributed by atoms with E-state index in [4.69, 9.17) is 9.88 Å². The van der Waals surface area contributed by atoms with Crippen LogP contribution in [0, 0.1) is 5.92 Å². The molecule has 0 spiro atoms. The summed E-state index contributed by atoms with van der Waals surface area (Å²) in [7, 11) is -3.49. The van der Waals surface area contributed by atoms with Crippen molar-refractivity contribution in [2.75, 3.05) is 25.4 Å². The number of hydrogen-bond donors (Lipinski definition) is 2. The number of sulfonamides is 1. The first-order valence-corrected chi connectivity index (χ1v) is 9.40. The normalized spacial score (nSPS) is 20.2. The van der Waals surface area contributed by atoms with Gasteiger partial charge in [-0.2, -0.15) is 0 Å². The van der Waals surface area contributed by atoms with Crippen LogP contribution in [-0.4, -0.2) is 44.8 Å². The first kappa shape index (κ1) is 16.1. The molecule has 1 atom stereocenters. The van der Waals surface area contributed by atoms with E-state index in [-0.39, 0.29) is 17.7 Å². The number of likely N-dealkylation sites (tertiary alicyclic amines) is 1. The smallest absolute Gasteiger partial charge is 0.317 e. The topological polar surface area (TPSA) is 102 Å². The van der Waals surface area contributed by atoms with Gasteiger partial charge in [-0.15, -0.1) is 0 Å². The van der Waals surface area contributed by atoms with Gasteiger partial charge in [-0.25, -0.2) is 18.4 Å². The van der Waals surface area contributed by atoms with E-state index in [0.29, 0.717) is 32.7 Å².